The highest BCUT2D eigenvalue weighted by molar-refractivity contribution is 7.99. The Hall–Kier alpha value is -1.28. The summed E-state index contributed by atoms with van der Waals surface area (Å²) in [5.74, 6) is 5.11. The second kappa shape index (κ2) is 9.03. The SMILES string of the molecule is Cc1nnc(CN=C(NC2CCCCC2)NC2CCOC3(CCSC3)C2)n1C. The molecule has 3 aliphatic rings. The van der Waals surface area contributed by atoms with Gasteiger partial charge in [-0.1, -0.05) is 19.3 Å². The predicted molar refractivity (Wildman–Crippen MR) is 114 cm³/mol. The van der Waals surface area contributed by atoms with Gasteiger partial charge in [0.25, 0.3) is 0 Å². The third-order valence-corrected chi connectivity index (χ3v) is 7.63. The van der Waals surface area contributed by atoms with Crippen LogP contribution in [0.25, 0.3) is 0 Å². The number of aromatic nitrogens is 3. The second-order valence-corrected chi connectivity index (χ2v) is 9.64. The predicted octanol–water partition coefficient (Wildman–Crippen LogP) is 2.55. The van der Waals surface area contributed by atoms with Crippen molar-refractivity contribution in [2.75, 3.05) is 18.1 Å². The zero-order valence-corrected chi connectivity index (χ0v) is 18.1. The monoisotopic (exact) mass is 406 g/mol. The van der Waals surface area contributed by atoms with E-state index >= 15 is 0 Å². The lowest BCUT2D eigenvalue weighted by atomic mass is 9.90. The van der Waals surface area contributed by atoms with Crippen LogP contribution < -0.4 is 10.6 Å². The van der Waals surface area contributed by atoms with Crippen molar-refractivity contribution >= 4 is 17.7 Å². The number of hydrogen-bond acceptors (Lipinski definition) is 5. The van der Waals surface area contributed by atoms with Crippen molar-refractivity contribution in [2.45, 2.75) is 82.5 Å². The van der Waals surface area contributed by atoms with Gasteiger partial charge in [-0.3, -0.25) is 0 Å². The van der Waals surface area contributed by atoms with Crippen LogP contribution in [-0.4, -0.2) is 56.5 Å². The topological polar surface area (TPSA) is 76.4 Å². The summed E-state index contributed by atoms with van der Waals surface area (Å²) in [6.45, 7) is 3.36. The maximum Gasteiger partial charge on any atom is 0.192 e. The van der Waals surface area contributed by atoms with Crippen molar-refractivity contribution in [1.29, 1.82) is 0 Å². The Morgan fingerprint density at radius 1 is 1.21 bits per heavy atom. The zero-order valence-electron chi connectivity index (χ0n) is 17.2. The van der Waals surface area contributed by atoms with E-state index in [-0.39, 0.29) is 5.60 Å². The Kier molecular flexibility index (Phi) is 6.45. The molecule has 1 spiro atoms. The standard InChI is InChI=1S/C20H34N6OS/c1-15-24-25-18(26(15)2)13-21-19(22-16-6-4-3-5-7-16)23-17-8-10-27-20(12-17)9-11-28-14-20/h16-17H,3-14H2,1-2H3,(H2,21,22,23). The van der Waals surface area contributed by atoms with E-state index in [2.05, 4.69) is 20.8 Å². The van der Waals surface area contributed by atoms with Crippen LogP contribution in [0, 0.1) is 6.92 Å². The van der Waals surface area contributed by atoms with E-state index in [4.69, 9.17) is 9.73 Å². The Labute approximate surface area is 172 Å². The highest BCUT2D eigenvalue weighted by Crippen LogP contribution is 2.38. The molecule has 3 fully saturated rings. The van der Waals surface area contributed by atoms with Crippen LogP contribution in [0.2, 0.25) is 0 Å². The van der Waals surface area contributed by atoms with E-state index in [1.807, 2.05) is 30.3 Å². The number of ether oxygens (including phenoxy) is 1. The van der Waals surface area contributed by atoms with Crippen LogP contribution >= 0.6 is 11.8 Å². The van der Waals surface area contributed by atoms with Gasteiger partial charge in [-0.15, -0.1) is 10.2 Å². The van der Waals surface area contributed by atoms with Crippen molar-refractivity contribution in [3.8, 4) is 0 Å². The molecule has 4 rings (SSSR count). The number of rotatable bonds is 4. The van der Waals surface area contributed by atoms with Crippen molar-refractivity contribution in [3.63, 3.8) is 0 Å². The van der Waals surface area contributed by atoms with Gasteiger partial charge < -0.3 is 19.9 Å². The van der Waals surface area contributed by atoms with Gasteiger partial charge in [0.15, 0.2) is 11.8 Å². The van der Waals surface area contributed by atoms with Gasteiger partial charge >= 0.3 is 0 Å². The summed E-state index contributed by atoms with van der Waals surface area (Å²) in [4.78, 5) is 4.90. The fraction of sp³-hybridized carbons (Fsp3) is 0.850. The number of nitrogens with zero attached hydrogens (tertiary/aromatic N) is 4. The molecule has 1 aliphatic carbocycles. The molecule has 156 valence electrons. The molecule has 0 radical (unpaired) electrons. The average molecular weight is 407 g/mol. The summed E-state index contributed by atoms with van der Waals surface area (Å²) in [6, 6.07) is 0.945. The molecule has 8 heteroatoms. The Morgan fingerprint density at radius 3 is 2.75 bits per heavy atom. The first-order valence-corrected chi connectivity index (χ1v) is 11.9. The molecule has 0 bridgehead atoms. The third-order valence-electron chi connectivity index (χ3n) is 6.41. The molecule has 0 amide bonds. The minimum absolute atomic E-state index is 0.0806. The molecule has 3 heterocycles. The molecule has 1 saturated carbocycles. The van der Waals surface area contributed by atoms with Gasteiger partial charge in [0.05, 0.1) is 5.60 Å². The lowest BCUT2D eigenvalue weighted by Crippen LogP contribution is -2.53. The minimum atomic E-state index is 0.0806. The maximum absolute atomic E-state index is 6.19. The quantitative estimate of drug-likeness (QED) is 0.591. The van der Waals surface area contributed by atoms with Crippen molar-refractivity contribution in [3.05, 3.63) is 11.6 Å². The highest BCUT2D eigenvalue weighted by Gasteiger charge is 2.40. The molecule has 7 nitrogen and oxygen atoms in total. The van der Waals surface area contributed by atoms with E-state index in [9.17, 15) is 0 Å². The van der Waals surface area contributed by atoms with Gasteiger partial charge in [-0.2, -0.15) is 11.8 Å². The molecule has 2 unspecified atom stereocenters. The third kappa shape index (κ3) is 4.82. The van der Waals surface area contributed by atoms with Gasteiger partial charge in [0, 0.05) is 31.5 Å². The lowest BCUT2D eigenvalue weighted by Gasteiger charge is -2.39. The van der Waals surface area contributed by atoms with E-state index < -0.39 is 0 Å². The summed E-state index contributed by atoms with van der Waals surface area (Å²) in [7, 11) is 2.00. The van der Waals surface area contributed by atoms with E-state index in [0.717, 1.165) is 42.8 Å². The lowest BCUT2D eigenvalue weighted by molar-refractivity contribution is -0.0679. The fourth-order valence-electron chi connectivity index (χ4n) is 4.52. The molecule has 2 saturated heterocycles. The number of guanidine groups is 1. The largest absolute Gasteiger partial charge is 0.374 e. The number of aliphatic imine (C=N–C) groups is 1. The molecule has 28 heavy (non-hydrogen) atoms. The van der Waals surface area contributed by atoms with Crippen LogP contribution in [0.15, 0.2) is 4.99 Å². The van der Waals surface area contributed by atoms with Crippen molar-refractivity contribution < 1.29 is 4.74 Å². The van der Waals surface area contributed by atoms with Gasteiger partial charge in [-0.05, 0) is 44.8 Å². The first-order chi connectivity index (χ1) is 13.6. The van der Waals surface area contributed by atoms with Crippen LogP contribution in [0.3, 0.4) is 0 Å². The number of aryl methyl sites for hydroxylation is 1. The molecule has 1 aromatic rings. The van der Waals surface area contributed by atoms with Crippen LogP contribution in [0.4, 0.5) is 0 Å². The number of thioether (sulfide) groups is 1. The molecule has 2 aliphatic heterocycles. The fourth-order valence-corrected chi connectivity index (χ4v) is 5.90. The van der Waals surface area contributed by atoms with Gasteiger partial charge in [-0.25, -0.2) is 4.99 Å². The Morgan fingerprint density at radius 2 is 2.04 bits per heavy atom. The number of nitrogens with one attached hydrogen (secondary N) is 2. The van der Waals surface area contributed by atoms with E-state index in [0.29, 0.717) is 18.6 Å². The molecule has 2 atom stereocenters. The zero-order chi connectivity index (χ0) is 19.4. The molecular weight excluding hydrogens is 372 g/mol. The summed E-state index contributed by atoms with van der Waals surface area (Å²) in [5.41, 5.74) is 0.0806. The van der Waals surface area contributed by atoms with Gasteiger partial charge in [0.2, 0.25) is 0 Å². The maximum atomic E-state index is 6.19. The van der Waals surface area contributed by atoms with Crippen LogP contribution in [0.5, 0.6) is 0 Å². The first kappa shape index (κ1) is 20.0. The molecule has 0 aromatic carbocycles. The van der Waals surface area contributed by atoms with Gasteiger partial charge in [0.1, 0.15) is 12.4 Å². The molecule has 2 N–H and O–H groups in total. The number of hydrogen-bond donors (Lipinski definition) is 2. The smallest absolute Gasteiger partial charge is 0.192 e. The van der Waals surface area contributed by atoms with Crippen molar-refractivity contribution in [1.82, 2.24) is 25.4 Å². The van der Waals surface area contributed by atoms with Crippen LogP contribution in [0.1, 0.15) is 63.0 Å². The molecule has 1 aromatic heterocycles. The van der Waals surface area contributed by atoms with Crippen LogP contribution in [-0.2, 0) is 18.3 Å². The summed E-state index contributed by atoms with van der Waals surface area (Å²) in [6.07, 6.45) is 9.74. The van der Waals surface area contributed by atoms with Crippen molar-refractivity contribution in [2.24, 2.45) is 12.0 Å². The van der Waals surface area contributed by atoms with E-state index in [1.54, 1.807) is 0 Å². The summed E-state index contributed by atoms with van der Waals surface area (Å²) >= 11 is 2.02. The second-order valence-electron chi connectivity index (χ2n) is 8.53. The minimum Gasteiger partial charge on any atom is -0.374 e. The Balaban J connectivity index is 1.43. The first-order valence-electron chi connectivity index (χ1n) is 10.8. The summed E-state index contributed by atoms with van der Waals surface area (Å²) in [5, 5.41) is 15.9. The normalized spacial score (nSPS) is 29.4. The molecular formula is C20H34N6OS. The summed E-state index contributed by atoms with van der Waals surface area (Å²) < 4.78 is 8.21. The van der Waals surface area contributed by atoms with E-state index in [1.165, 1.54) is 44.3 Å². The highest BCUT2D eigenvalue weighted by atomic mass is 32.2. The Bertz CT molecular complexity index is 678. The average Bonchev–Trinajstić information content (AvgIpc) is 3.28.